The summed E-state index contributed by atoms with van der Waals surface area (Å²) in [5.41, 5.74) is 5.38. The van der Waals surface area contributed by atoms with Crippen LogP contribution in [0.5, 0.6) is 11.5 Å². The van der Waals surface area contributed by atoms with Crippen LogP contribution in [0.2, 0.25) is 0 Å². The van der Waals surface area contributed by atoms with Crippen LogP contribution in [0.25, 0.3) is 0 Å². The highest BCUT2D eigenvalue weighted by atomic mass is 35.5. The summed E-state index contributed by atoms with van der Waals surface area (Å²) in [7, 11) is 0. The van der Waals surface area contributed by atoms with Crippen molar-refractivity contribution in [3.05, 3.63) is 27.8 Å². The number of carbonyl (C=O) groups excluding carboxylic acids is 1. The molecule has 2 aliphatic heterocycles. The van der Waals surface area contributed by atoms with Gasteiger partial charge in [0.25, 0.3) is 11.6 Å². The lowest BCUT2D eigenvalue weighted by Gasteiger charge is -2.23. The molecule has 1 saturated heterocycles. The Bertz CT molecular complexity index is 669. The molecule has 132 valence electrons. The predicted octanol–water partition coefficient (Wildman–Crippen LogP) is 1.60. The molecule has 1 aromatic carbocycles. The molecule has 0 bridgehead atoms. The highest BCUT2D eigenvalue weighted by Crippen LogP contribution is 2.38. The smallest absolute Gasteiger partial charge is 0.286 e. The number of halogens is 1. The number of carbonyl (C=O) groups is 1. The fourth-order valence-electron chi connectivity index (χ4n) is 2.93. The van der Waals surface area contributed by atoms with E-state index >= 15 is 0 Å². The van der Waals surface area contributed by atoms with Gasteiger partial charge in [-0.3, -0.25) is 14.9 Å². The number of nitro benzene ring substituents is 1. The number of hydrogen-bond donors (Lipinski definition) is 1. The molecule has 1 aromatic rings. The Hall–Kier alpha value is -2.06. The van der Waals surface area contributed by atoms with E-state index in [1.807, 2.05) is 6.92 Å². The molecule has 8 nitrogen and oxygen atoms in total. The fourth-order valence-corrected chi connectivity index (χ4v) is 2.93. The number of nitrogens with zero attached hydrogens (tertiary/aromatic N) is 2. The first-order valence-corrected chi connectivity index (χ1v) is 7.51. The maximum Gasteiger partial charge on any atom is 0.286 e. The van der Waals surface area contributed by atoms with Crippen LogP contribution in [0.4, 0.5) is 5.69 Å². The molecule has 0 saturated carbocycles. The molecule has 24 heavy (non-hydrogen) atoms. The molecule has 0 radical (unpaired) electrons. The molecule has 0 aliphatic carbocycles. The molecule has 2 heterocycles. The van der Waals surface area contributed by atoms with Crippen molar-refractivity contribution in [3.63, 3.8) is 0 Å². The second-order valence-electron chi connectivity index (χ2n) is 6.26. The Balaban J connectivity index is 0.00000208. The second kappa shape index (κ2) is 6.82. The van der Waals surface area contributed by atoms with Crippen LogP contribution in [0.3, 0.4) is 0 Å². The maximum absolute atomic E-state index is 12.7. The molecular weight excluding hydrogens is 338 g/mol. The molecule has 1 atom stereocenters. The van der Waals surface area contributed by atoms with Crippen LogP contribution in [-0.2, 0) is 0 Å². The van der Waals surface area contributed by atoms with Crippen LogP contribution in [0.1, 0.15) is 23.7 Å². The van der Waals surface area contributed by atoms with Gasteiger partial charge in [-0.25, -0.2) is 0 Å². The van der Waals surface area contributed by atoms with Crippen molar-refractivity contribution >= 4 is 24.0 Å². The Morgan fingerprint density at radius 2 is 2.00 bits per heavy atom. The summed E-state index contributed by atoms with van der Waals surface area (Å²) in [6.45, 7) is 4.20. The summed E-state index contributed by atoms with van der Waals surface area (Å²) in [5, 5.41) is 11.3. The summed E-state index contributed by atoms with van der Waals surface area (Å²) < 4.78 is 10.8. The quantitative estimate of drug-likeness (QED) is 0.650. The average Bonchev–Trinajstić information content (AvgIpc) is 2.96. The van der Waals surface area contributed by atoms with Gasteiger partial charge in [0.1, 0.15) is 18.8 Å². The highest BCUT2D eigenvalue weighted by Gasteiger charge is 2.37. The van der Waals surface area contributed by atoms with Gasteiger partial charge in [0.15, 0.2) is 11.5 Å². The predicted molar refractivity (Wildman–Crippen MR) is 89.0 cm³/mol. The van der Waals surface area contributed by atoms with Crippen molar-refractivity contribution in [2.24, 2.45) is 11.1 Å². The molecular formula is C15H20ClN3O5. The molecule has 3 rings (SSSR count). The van der Waals surface area contributed by atoms with Gasteiger partial charge in [-0.15, -0.1) is 12.4 Å². The highest BCUT2D eigenvalue weighted by molar-refractivity contribution is 5.99. The van der Waals surface area contributed by atoms with Gasteiger partial charge in [0.2, 0.25) is 0 Å². The summed E-state index contributed by atoms with van der Waals surface area (Å²) >= 11 is 0. The molecule has 1 unspecified atom stereocenters. The SMILES string of the molecule is CC1(CN)CCN(C(=O)c2cc3c(cc2[N+](=O)[O-])OCCO3)C1.Cl. The van der Waals surface area contributed by atoms with Crippen molar-refractivity contribution < 1.29 is 19.2 Å². The number of benzene rings is 1. The van der Waals surface area contributed by atoms with Crippen LogP contribution in [0, 0.1) is 15.5 Å². The summed E-state index contributed by atoms with van der Waals surface area (Å²) in [5.74, 6) is 0.296. The van der Waals surface area contributed by atoms with Crippen LogP contribution in [-0.4, -0.2) is 48.6 Å². The molecule has 2 aliphatic rings. The third-order valence-corrected chi connectivity index (χ3v) is 4.43. The Labute approximate surface area is 145 Å². The van der Waals surface area contributed by atoms with Gasteiger partial charge in [0, 0.05) is 19.2 Å². The lowest BCUT2D eigenvalue weighted by atomic mass is 9.90. The van der Waals surface area contributed by atoms with Crippen molar-refractivity contribution in [3.8, 4) is 11.5 Å². The number of hydrogen-bond acceptors (Lipinski definition) is 6. The van der Waals surface area contributed by atoms with Crippen LogP contribution >= 0.6 is 12.4 Å². The third kappa shape index (κ3) is 3.25. The first kappa shape index (κ1) is 18.3. The van der Waals surface area contributed by atoms with Crippen molar-refractivity contribution in [2.75, 3.05) is 32.8 Å². The topological polar surface area (TPSA) is 108 Å². The molecule has 2 N–H and O–H groups in total. The van der Waals surface area contributed by atoms with E-state index in [2.05, 4.69) is 0 Å². The number of ether oxygens (including phenoxy) is 2. The Morgan fingerprint density at radius 1 is 1.38 bits per heavy atom. The van der Waals surface area contributed by atoms with E-state index in [0.29, 0.717) is 44.3 Å². The van der Waals surface area contributed by atoms with Crippen LogP contribution in [0.15, 0.2) is 12.1 Å². The molecule has 1 amide bonds. The van der Waals surface area contributed by atoms with E-state index in [4.69, 9.17) is 15.2 Å². The number of amides is 1. The van der Waals surface area contributed by atoms with Gasteiger partial charge < -0.3 is 20.1 Å². The minimum absolute atomic E-state index is 0. The number of likely N-dealkylation sites (tertiary alicyclic amines) is 1. The van der Waals surface area contributed by atoms with Gasteiger partial charge >= 0.3 is 0 Å². The van der Waals surface area contributed by atoms with Gasteiger partial charge in [-0.2, -0.15) is 0 Å². The average molecular weight is 358 g/mol. The van der Waals surface area contributed by atoms with E-state index in [-0.39, 0.29) is 35.0 Å². The van der Waals surface area contributed by atoms with Crippen LogP contribution < -0.4 is 15.2 Å². The second-order valence-corrected chi connectivity index (χ2v) is 6.26. The van der Waals surface area contributed by atoms with E-state index in [0.717, 1.165) is 6.42 Å². The largest absolute Gasteiger partial charge is 0.486 e. The molecule has 9 heteroatoms. The van der Waals surface area contributed by atoms with E-state index in [1.165, 1.54) is 12.1 Å². The first-order valence-electron chi connectivity index (χ1n) is 7.51. The first-order chi connectivity index (χ1) is 10.9. The van der Waals surface area contributed by atoms with E-state index in [9.17, 15) is 14.9 Å². The molecule has 1 fully saturated rings. The Morgan fingerprint density at radius 3 is 2.54 bits per heavy atom. The van der Waals surface area contributed by atoms with Gasteiger partial charge in [-0.1, -0.05) is 6.92 Å². The van der Waals surface area contributed by atoms with Crippen molar-refractivity contribution in [1.29, 1.82) is 0 Å². The van der Waals surface area contributed by atoms with Gasteiger partial charge in [0.05, 0.1) is 11.0 Å². The lowest BCUT2D eigenvalue weighted by Crippen LogP contribution is -2.34. The van der Waals surface area contributed by atoms with E-state index in [1.54, 1.807) is 4.90 Å². The van der Waals surface area contributed by atoms with E-state index < -0.39 is 4.92 Å². The Kier molecular flexibility index (Phi) is 5.19. The fraction of sp³-hybridized carbons (Fsp3) is 0.533. The molecule has 0 spiro atoms. The zero-order valence-corrected chi connectivity index (χ0v) is 14.1. The zero-order chi connectivity index (χ0) is 16.6. The number of rotatable bonds is 3. The number of nitrogens with two attached hydrogens (primary N) is 1. The number of nitro groups is 1. The number of fused-ring (bicyclic) bond motifs is 1. The van der Waals surface area contributed by atoms with Gasteiger partial charge in [-0.05, 0) is 18.4 Å². The minimum Gasteiger partial charge on any atom is -0.486 e. The summed E-state index contributed by atoms with van der Waals surface area (Å²) in [6.07, 6.45) is 0.785. The standard InChI is InChI=1S/C15H19N3O5.ClH/c1-15(8-16)2-3-17(9-15)14(19)10-6-12-13(23-5-4-22-12)7-11(10)18(20)21;/h6-7H,2-5,8-9,16H2,1H3;1H. The lowest BCUT2D eigenvalue weighted by molar-refractivity contribution is -0.385. The maximum atomic E-state index is 12.7. The van der Waals surface area contributed by atoms with Crippen molar-refractivity contribution in [2.45, 2.75) is 13.3 Å². The normalized spacial score (nSPS) is 22.0. The summed E-state index contributed by atoms with van der Waals surface area (Å²) in [6, 6.07) is 2.67. The molecule has 0 aromatic heterocycles. The third-order valence-electron chi connectivity index (χ3n) is 4.43. The monoisotopic (exact) mass is 357 g/mol. The minimum atomic E-state index is -0.566. The zero-order valence-electron chi connectivity index (χ0n) is 13.3. The summed E-state index contributed by atoms with van der Waals surface area (Å²) in [4.78, 5) is 25.1. The van der Waals surface area contributed by atoms with Crippen molar-refractivity contribution in [1.82, 2.24) is 4.90 Å².